The van der Waals surface area contributed by atoms with Crippen molar-refractivity contribution in [2.45, 2.75) is 13.2 Å². The third-order valence-electron chi connectivity index (χ3n) is 3.29. The van der Waals surface area contributed by atoms with Crippen molar-refractivity contribution in [1.29, 1.82) is 0 Å². The molecule has 1 heterocycles. The molecule has 0 bridgehead atoms. The lowest BCUT2D eigenvalue weighted by Gasteiger charge is -2.09. The Morgan fingerprint density at radius 3 is 2.73 bits per heavy atom. The van der Waals surface area contributed by atoms with E-state index in [1.807, 2.05) is 18.2 Å². The Kier molecular flexibility index (Phi) is 3.84. The van der Waals surface area contributed by atoms with Gasteiger partial charge in [-0.1, -0.05) is 18.2 Å². The van der Waals surface area contributed by atoms with Gasteiger partial charge in [0.25, 0.3) is 0 Å². The van der Waals surface area contributed by atoms with Gasteiger partial charge in [-0.3, -0.25) is 4.79 Å². The van der Waals surface area contributed by atoms with Crippen LogP contribution in [0, 0.1) is 5.82 Å². The lowest BCUT2D eigenvalue weighted by molar-refractivity contribution is -0.116. The first-order valence-corrected chi connectivity index (χ1v) is 6.78. The van der Waals surface area contributed by atoms with E-state index in [9.17, 15) is 14.3 Å². The van der Waals surface area contributed by atoms with E-state index in [0.717, 1.165) is 0 Å². The number of carbonyl (C=O) groups excluding carboxylic acids is 1. The second-order valence-electron chi connectivity index (χ2n) is 4.82. The Hall–Kier alpha value is -2.73. The number of nitrogens with one attached hydrogen (secondary N) is 1. The summed E-state index contributed by atoms with van der Waals surface area (Å²) in [5.74, 6) is -0.330. The molecule has 0 saturated carbocycles. The zero-order chi connectivity index (χ0) is 15.5. The van der Waals surface area contributed by atoms with Gasteiger partial charge in [0.2, 0.25) is 5.91 Å². The number of imidazole rings is 1. The molecule has 0 aliphatic rings. The predicted octanol–water partition coefficient (Wildman–Crippen LogP) is 2.31. The molecule has 0 unspecified atom stereocenters. The SMILES string of the molecule is O=C(Cn1c(CO)nc2cc(F)ccc21)Nc1ccccc1. The van der Waals surface area contributed by atoms with Crippen LogP contribution in [0.5, 0.6) is 0 Å². The Bertz CT molecular complexity index is 815. The third-order valence-corrected chi connectivity index (χ3v) is 3.29. The van der Waals surface area contributed by atoms with Crippen LogP contribution in [0.2, 0.25) is 0 Å². The minimum atomic E-state index is -0.407. The molecule has 5 nitrogen and oxygen atoms in total. The summed E-state index contributed by atoms with van der Waals surface area (Å²) >= 11 is 0. The molecule has 0 fully saturated rings. The number of benzene rings is 2. The Morgan fingerprint density at radius 2 is 2.00 bits per heavy atom. The molecular formula is C16H14FN3O2. The molecule has 0 radical (unpaired) electrons. The van der Waals surface area contributed by atoms with Gasteiger partial charge in [-0.15, -0.1) is 0 Å². The van der Waals surface area contributed by atoms with Crippen LogP contribution in [-0.4, -0.2) is 20.6 Å². The topological polar surface area (TPSA) is 67.2 Å². The Balaban J connectivity index is 1.88. The number of para-hydroxylation sites is 1. The van der Waals surface area contributed by atoms with Crippen LogP contribution in [0.15, 0.2) is 48.5 Å². The molecule has 2 N–H and O–H groups in total. The van der Waals surface area contributed by atoms with Crippen LogP contribution in [0.3, 0.4) is 0 Å². The van der Waals surface area contributed by atoms with Gasteiger partial charge >= 0.3 is 0 Å². The van der Waals surface area contributed by atoms with Gasteiger partial charge < -0.3 is 15.0 Å². The van der Waals surface area contributed by atoms with Crippen molar-refractivity contribution in [2.75, 3.05) is 5.32 Å². The summed E-state index contributed by atoms with van der Waals surface area (Å²) in [4.78, 5) is 16.3. The molecule has 0 atom stereocenters. The molecule has 3 aromatic rings. The summed E-state index contributed by atoms with van der Waals surface area (Å²) in [7, 11) is 0. The number of aromatic nitrogens is 2. The fraction of sp³-hybridized carbons (Fsp3) is 0.125. The van der Waals surface area contributed by atoms with E-state index in [0.29, 0.717) is 22.5 Å². The van der Waals surface area contributed by atoms with Crippen LogP contribution in [0.1, 0.15) is 5.82 Å². The van der Waals surface area contributed by atoms with Gasteiger partial charge in [0.15, 0.2) is 0 Å². The molecule has 112 valence electrons. The van der Waals surface area contributed by atoms with E-state index in [1.54, 1.807) is 22.8 Å². The number of rotatable bonds is 4. The number of aliphatic hydroxyl groups is 1. The fourth-order valence-corrected chi connectivity index (χ4v) is 2.32. The van der Waals surface area contributed by atoms with E-state index in [4.69, 9.17) is 0 Å². The predicted molar refractivity (Wildman–Crippen MR) is 80.7 cm³/mol. The van der Waals surface area contributed by atoms with Crippen molar-refractivity contribution in [3.8, 4) is 0 Å². The van der Waals surface area contributed by atoms with Crippen molar-refractivity contribution >= 4 is 22.6 Å². The molecule has 6 heteroatoms. The van der Waals surface area contributed by atoms with Crippen LogP contribution >= 0.6 is 0 Å². The molecular weight excluding hydrogens is 285 g/mol. The average Bonchev–Trinajstić information content (AvgIpc) is 2.85. The lowest BCUT2D eigenvalue weighted by atomic mass is 10.3. The normalized spacial score (nSPS) is 10.8. The van der Waals surface area contributed by atoms with Crippen molar-refractivity contribution in [1.82, 2.24) is 9.55 Å². The quantitative estimate of drug-likeness (QED) is 0.777. The maximum atomic E-state index is 13.2. The summed E-state index contributed by atoms with van der Waals surface area (Å²) in [6, 6.07) is 13.2. The number of aliphatic hydroxyl groups excluding tert-OH is 1. The summed E-state index contributed by atoms with van der Waals surface area (Å²) in [5.41, 5.74) is 1.71. The summed E-state index contributed by atoms with van der Waals surface area (Å²) < 4.78 is 14.8. The van der Waals surface area contributed by atoms with Crippen molar-refractivity contribution in [2.24, 2.45) is 0 Å². The van der Waals surface area contributed by atoms with Gasteiger partial charge in [-0.2, -0.15) is 0 Å². The van der Waals surface area contributed by atoms with Gasteiger partial charge in [-0.05, 0) is 24.3 Å². The largest absolute Gasteiger partial charge is 0.388 e. The first-order chi connectivity index (χ1) is 10.7. The maximum absolute atomic E-state index is 13.2. The number of amides is 1. The number of fused-ring (bicyclic) bond motifs is 1. The highest BCUT2D eigenvalue weighted by Gasteiger charge is 2.13. The fourth-order valence-electron chi connectivity index (χ4n) is 2.32. The van der Waals surface area contributed by atoms with Crippen molar-refractivity contribution in [3.63, 3.8) is 0 Å². The van der Waals surface area contributed by atoms with E-state index in [-0.39, 0.29) is 19.1 Å². The van der Waals surface area contributed by atoms with Crippen LogP contribution in [0.25, 0.3) is 11.0 Å². The highest BCUT2D eigenvalue weighted by atomic mass is 19.1. The zero-order valence-corrected chi connectivity index (χ0v) is 11.7. The number of hydrogen-bond acceptors (Lipinski definition) is 3. The van der Waals surface area contributed by atoms with E-state index in [1.165, 1.54) is 12.1 Å². The van der Waals surface area contributed by atoms with Crippen LogP contribution in [-0.2, 0) is 17.9 Å². The maximum Gasteiger partial charge on any atom is 0.244 e. The monoisotopic (exact) mass is 299 g/mol. The molecule has 0 spiro atoms. The second-order valence-corrected chi connectivity index (χ2v) is 4.82. The Labute approximate surface area is 126 Å². The second kappa shape index (κ2) is 5.95. The summed E-state index contributed by atoms with van der Waals surface area (Å²) in [6.07, 6.45) is 0. The summed E-state index contributed by atoms with van der Waals surface area (Å²) in [6.45, 7) is -0.332. The molecule has 0 aliphatic heterocycles. The van der Waals surface area contributed by atoms with Gasteiger partial charge in [0.1, 0.15) is 24.8 Å². The first-order valence-electron chi connectivity index (χ1n) is 6.78. The third kappa shape index (κ3) is 2.82. The van der Waals surface area contributed by atoms with Crippen LogP contribution in [0.4, 0.5) is 10.1 Å². The summed E-state index contributed by atoms with van der Waals surface area (Å²) in [5, 5.41) is 12.1. The smallest absolute Gasteiger partial charge is 0.244 e. The standard InChI is InChI=1S/C16H14FN3O2/c17-11-6-7-14-13(8-11)19-15(10-21)20(14)9-16(22)18-12-4-2-1-3-5-12/h1-8,21H,9-10H2,(H,18,22). The highest BCUT2D eigenvalue weighted by molar-refractivity contribution is 5.91. The number of hydrogen-bond donors (Lipinski definition) is 2. The number of nitrogens with zero attached hydrogens (tertiary/aromatic N) is 2. The van der Waals surface area contributed by atoms with Crippen molar-refractivity contribution in [3.05, 3.63) is 60.2 Å². The molecule has 1 amide bonds. The number of carbonyl (C=O) groups is 1. The molecule has 0 saturated heterocycles. The minimum absolute atomic E-state index is 0.00702. The molecule has 2 aromatic carbocycles. The van der Waals surface area contributed by atoms with Gasteiger partial charge in [-0.25, -0.2) is 9.37 Å². The minimum Gasteiger partial charge on any atom is -0.388 e. The molecule has 3 rings (SSSR count). The molecule has 22 heavy (non-hydrogen) atoms. The Morgan fingerprint density at radius 1 is 1.23 bits per heavy atom. The van der Waals surface area contributed by atoms with E-state index >= 15 is 0 Å². The average molecular weight is 299 g/mol. The number of halogens is 1. The zero-order valence-electron chi connectivity index (χ0n) is 11.7. The lowest BCUT2D eigenvalue weighted by Crippen LogP contribution is -2.20. The van der Waals surface area contributed by atoms with Crippen molar-refractivity contribution < 1.29 is 14.3 Å². The van der Waals surface area contributed by atoms with Crippen LogP contribution < -0.4 is 5.32 Å². The number of anilines is 1. The molecule has 1 aromatic heterocycles. The molecule has 0 aliphatic carbocycles. The van der Waals surface area contributed by atoms with Gasteiger partial charge in [0, 0.05) is 11.8 Å². The van der Waals surface area contributed by atoms with Gasteiger partial charge in [0.05, 0.1) is 11.0 Å². The van der Waals surface area contributed by atoms with E-state index < -0.39 is 5.82 Å². The highest BCUT2D eigenvalue weighted by Crippen LogP contribution is 2.18. The van der Waals surface area contributed by atoms with E-state index in [2.05, 4.69) is 10.3 Å². The first kappa shape index (κ1) is 14.2.